The molecule has 0 spiro atoms. The van der Waals surface area contributed by atoms with Crippen LogP contribution in [0.2, 0.25) is 0 Å². The Kier molecular flexibility index (Phi) is 5.05. The third-order valence-electron chi connectivity index (χ3n) is 4.90. The van der Waals surface area contributed by atoms with E-state index in [0.29, 0.717) is 48.9 Å². The number of fused-ring (bicyclic) bond motifs is 1. The van der Waals surface area contributed by atoms with Crippen LogP contribution in [0.25, 0.3) is 0 Å². The Balaban J connectivity index is 1.35. The van der Waals surface area contributed by atoms with Gasteiger partial charge in [0.2, 0.25) is 6.79 Å². The van der Waals surface area contributed by atoms with Crippen LogP contribution in [-0.2, 0) is 6.54 Å². The van der Waals surface area contributed by atoms with Gasteiger partial charge in [0, 0.05) is 50.7 Å². The standard InChI is InChI=1S/C19H23N5O4/c1-2-24-12-14(11-20-24)18(25)22-6-3-7-23(9-8-22)19(26)21-15-4-5-16-17(10-15)28-13-27-16/h4-5,10-12H,2-3,6-9,13H2,1H3,(H,21,26). The second kappa shape index (κ2) is 7.79. The summed E-state index contributed by atoms with van der Waals surface area (Å²) in [5, 5.41) is 7.05. The van der Waals surface area contributed by atoms with Crippen LogP contribution < -0.4 is 14.8 Å². The van der Waals surface area contributed by atoms with Gasteiger partial charge in [-0.2, -0.15) is 5.10 Å². The fraction of sp³-hybridized carbons (Fsp3) is 0.421. The Morgan fingerprint density at radius 3 is 2.71 bits per heavy atom. The summed E-state index contributed by atoms with van der Waals surface area (Å²) in [6.45, 7) is 5.07. The summed E-state index contributed by atoms with van der Waals surface area (Å²) in [7, 11) is 0. The van der Waals surface area contributed by atoms with Gasteiger partial charge in [-0.3, -0.25) is 9.48 Å². The van der Waals surface area contributed by atoms with Gasteiger partial charge >= 0.3 is 6.03 Å². The minimum atomic E-state index is -0.188. The molecule has 0 saturated carbocycles. The number of aromatic nitrogens is 2. The molecule has 0 bridgehead atoms. The Morgan fingerprint density at radius 2 is 1.89 bits per heavy atom. The van der Waals surface area contributed by atoms with Crippen molar-refractivity contribution in [2.45, 2.75) is 19.9 Å². The highest BCUT2D eigenvalue weighted by atomic mass is 16.7. The molecule has 1 fully saturated rings. The number of amides is 3. The molecule has 4 rings (SSSR count). The molecule has 1 aromatic heterocycles. The molecule has 2 aromatic rings. The number of hydrogen-bond acceptors (Lipinski definition) is 5. The van der Waals surface area contributed by atoms with Crippen LogP contribution in [0, 0.1) is 0 Å². The number of nitrogens with zero attached hydrogens (tertiary/aromatic N) is 4. The molecule has 148 valence electrons. The SMILES string of the molecule is CCn1cc(C(=O)N2CCCN(C(=O)Nc3ccc4c(c3)OCO4)CC2)cn1. The maximum atomic E-state index is 12.7. The molecule has 3 amide bonds. The molecule has 0 aliphatic carbocycles. The smallest absolute Gasteiger partial charge is 0.321 e. The summed E-state index contributed by atoms with van der Waals surface area (Å²) in [6, 6.07) is 5.12. The molecule has 28 heavy (non-hydrogen) atoms. The normalized spacial score (nSPS) is 16.0. The van der Waals surface area contributed by atoms with Crippen molar-refractivity contribution in [3.63, 3.8) is 0 Å². The molecular formula is C19H23N5O4. The van der Waals surface area contributed by atoms with E-state index < -0.39 is 0 Å². The fourth-order valence-electron chi connectivity index (χ4n) is 3.33. The zero-order valence-corrected chi connectivity index (χ0v) is 15.8. The summed E-state index contributed by atoms with van der Waals surface area (Å²) in [5.74, 6) is 1.25. The minimum absolute atomic E-state index is 0.0438. The highest BCUT2D eigenvalue weighted by Gasteiger charge is 2.24. The second-order valence-electron chi connectivity index (χ2n) is 6.72. The molecule has 9 heteroatoms. The van der Waals surface area contributed by atoms with Gasteiger partial charge in [0.15, 0.2) is 11.5 Å². The Morgan fingerprint density at radius 1 is 1.11 bits per heavy atom. The van der Waals surface area contributed by atoms with E-state index >= 15 is 0 Å². The lowest BCUT2D eigenvalue weighted by Gasteiger charge is -2.22. The van der Waals surface area contributed by atoms with Gasteiger partial charge in [0.25, 0.3) is 5.91 Å². The second-order valence-corrected chi connectivity index (χ2v) is 6.72. The zero-order valence-electron chi connectivity index (χ0n) is 15.8. The zero-order chi connectivity index (χ0) is 19.5. The van der Waals surface area contributed by atoms with Crippen molar-refractivity contribution < 1.29 is 19.1 Å². The van der Waals surface area contributed by atoms with Crippen molar-refractivity contribution in [2.24, 2.45) is 0 Å². The van der Waals surface area contributed by atoms with Crippen molar-refractivity contribution in [2.75, 3.05) is 38.3 Å². The first-order chi connectivity index (χ1) is 13.6. The van der Waals surface area contributed by atoms with Crippen molar-refractivity contribution in [1.29, 1.82) is 0 Å². The molecule has 2 aliphatic heterocycles. The molecule has 0 radical (unpaired) electrons. The maximum Gasteiger partial charge on any atom is 0.321 e. The van der Waals surface area contributed by atoms with E-state index in [2.05, 4.69) is 10.4 Å². The summed E-state index contributed by atoms with van der Waals surface area (Å²) < 4.78 is 12.4. The summed E-state index contributed by atoms with van der Waals surface area (Å²) >= 11 is 0. The van der Waals surface area contributed by atoms with Crippen LogP contribution >= 0.6 is 0 Å². The average molecular weight is 385 g/mol. The van der Waals surface area contributed by atoms with E-state index in [-0.39, 0.29) is 18.7 Å². The molecule has 9 nitrogen and oxygen atoms in total. The third-order valence-corrected chi connectivity index (χ3v) is 4.90. The topological polar surface area (TPSA) is 88.9 Å². The first-order valence-electron chi connectivity index (χ1n) is 9.41. The van der Waals surface area contributed by atoms with E-state index in [4.69, 9.17) is 9.47 Å². The number of hydrogen-bond donors (Lipinski definition) is 1. The van der Waals surface area contributed by atoms with Crippen LogP contribution in [0.1, 0.15) is 23.7 Å². The summed E-state index contributed by atoms with van der Waals surface area (Å²) in [6.07, 6.45) is 4.08. The first kappa shape index (κ1) is 18.1. The summed E-state index contributed by atoms with van der Waals surface area (Å²) in [5.41, 5.74) is 1.23. The lowest BCUT2D eigenvalue weighted by molar-refractivity contribution is 0.0762. The fourth-order valence-corrected chi connectivity index (χ4v) is 3.33. The Hall–Kier alpha value is -3.23. The van der Waals surface area contributed by atoms with Gasteiger partial charge in [-0.15, -0.1) is 0 Å². The highest BCUT2D eigenvalue weighted by molar-refractivity contribution is 5.94. The average Bonchev–Trinajstić information content (AvgIpc) is 3.30. The van der Waals surface area contributed by atoms with E-state index in [1.54, 1.807) is 45.1 Å². The number of benzene rings is 1. The minimum Gasteiger partial charge on any atom is -0.454 e. The van der Waals surface area contributed by atoms with Crippen LogP contribution in [-0.4, -0.2) is 64.5 Å². The van der Waals surface area contributed by atoms with Gasteiger partial charge in [-0.1, -0.05) is 0 Å². The number of ether oxygens (including phenoxy) is 2. The lowest BCUT2D eigenvalue weighted by Crippen LogP contribution is -2.39. The number of carbonyl (C=O) groups excluding carboxylic acids is 2. The van der Waals surface area contributed by atoms with Crippen molar-refractivity contribution >= 4 is 17.6 Å². The van der Waals surface area contributed by atoms with Gasteiger partial charge < -0.3 is 24.6 Å². The van der Waals surface area contributed by atoms with E-state index in [1.807, 2.05) is 6.92 Å². The maximum absolute atomic E-state index is 12.7. The van der Waals surface area contributed by atoms with Crippen LogP contribution in [0.3, 0.4) is 0 Å². The van der Waals surface area contributed by atoms with Crippen LogP contribution in [0.4, 0.5) is 10.5 Å². The van der Waals surface area contributed by atoms with Crippen LogP contribution in [0.15, 0.2) is 30.6 Å². The number of rotatable bonds is 3. The predicted octanol–water partition coefficient (Wildman–Crippen LogP) is 2.01. The number of carbonyl (C=O) groups is 2. The third kappa shape index (κ3) is 3.73. The monoisotopic (exact) mass is 385 g/mol. The quantitative estimate of drug-likeness (QED) is 0.873. The van der Waals surface area contributed by atoms with Crippen molar-refractivity contribution in [3.05, 3.63) is 36.2 Å². The highest BCUT2D eigenvalue weighted by Crippen LogP contribution is 2.34. The molecular weight excluding hydrogens is 362 g/mol. The Bertz CT molecular complexity index is 881. The van der Waals surface area contributed by atoms with Gasteiger partial charge in [0.05, 0.1) is 11.8 Å². The molecule has 3 heterocycles. The largest absolute Gasteiger partial charge is 0.454 e. The molecule has 1 N–H and O–H groups in total. The lowest BCUT2D eigenvalue weighted by atomic mass is 10.3. The molecule has 0 atom stereocenters. The van der Waals surface area contributed by atoms with E-state index in [1.165, 1.54) is 0 Å². The Labute approximate surface area is 162 Å². The van der Waals surface area contributed by atoms with Gasteiger partial charge in [-0.05, 0) is 25.5 Å². The number of urea groups is 1. The molecule has 1 aromatic carbocycles. The molecule has 2 aliphatic rings. The number of aryl methyl sites for hydroxylation is 1. The van der Waals surface area contributed by atoms with Crippen LogP contribution in [0.5, 0.6) is 11.5 Å². The molecule has 1 saturated heterocycles. The molecule has 0 unspecified atom stereocenters. The first-order valence-corrected chi connectivity index (χ1v) is 9.41. The van der Waals surface area contributed by atoms with Crippen molar-refractivity contribution in [1.82, 2.24) is 19.6 Å². The number of nitrogens with one attached hydrogen (secondary N) is 1. The number of anilines is 1. The van der Waals surface area contributed by atoms with Crippen molar-refractivity contribution in [3.8, 4) is 11.5 Å². The van der Waals surface area contributed by atoms with Gasteiger partial charge in [-0.25, -0.2) is 4.79 Å². The predicted molar refractivity (Wildman–Crippen MR) is 102 cm³/mol. The van der Waals surface area contributed by atoms with E-state index in [0.717, 1.165) is 13.0 Å². The summed E-state index contributed by atoms with van der Waals surface area (Å²) in [4.78, 5) is 28.8. The van der Waals surface area contributed by atoms with Gasteiger partial charge in [0.1, 0.15) is 0 Å². The van der Waals surface area contributed by atoms with E-state index in [9.17, 15) is 9.59 Å².